The lowest BCUT2D eigenvalue weighted by Gasteiger charge is -2.37. The van der Waals surface area contributed by atoms with Crippen LogP contribution in [0.4, 0.5) is 0 Å². The van der Waals surface area contributed by atoms with Gasteiger partial charge in [-0.2, -0.15) is 0 Å². The maximum Gasteiger partial charge on any atom is 0.306 e. The Morgan fingerprint density at radius 1 is 1.11 bits per heavy atom. The van der Waals surface area contributed by atoms with Gasteiger partial charge in [0.25, 0.3) is 0 Å². The molecule has 1 atom stereocenters. The number of rotatable bonds is 6. The van der Waals surface area contributed by atoms with Crippen LogP contribution in [0.5, 0.6) is 11.5 Å². The van der Waals surface area contributed by atoms with Crippen LogP contribution in [0.2, 0.25) is 5.02 Å². The zero-order chi connectivity index (χ0) is 19.4. The zero-order valence-electron chi connectivity index (χ0n) is 15.5. The Morgan fingerprint density at radius 2 is 1.78 bits per heavy atom. The molecule has 0 amide bonds. The van der Waals surface area contributed by atoms with Gasteiger partial charge in [0.15, 0.2) is 0 Å². The maximum atomic E-state index is 11.3. The molecule has 2 aromatic rings. The second kappa shape index (κ2) is 8.63. The number of aliphatic carboxylic acids is 1. The molecule has 27 heavy (non-hydrogen) atoms. The van der Waals surface area contributed by atoms with Gasteiger partial charge in [0.2, 0.25) is 0 Å². The number of hydrogen-bond acceptors (Lipinski definition) is 4. The monoisotopic (exact) mass is 389 g/mol. The Labute approximate surface area is 164 Å². The number of ether oxygens (including phenoxy) is 2. The second-order valence-corrected chi connectivity index (χ2v) is 7.15. The summed E-state index contributed by atoms with van der Waals surface area (Å²) in [6, 6.07) is 13.6. The van der Waals surface area contributed by atoms with Crippen molar-refractivity contribution in [1.29, 1.82) is 0 Å². The van der Waals surface area contributed by atoms with Gasteiger partial charge < -0.3 is 14.6 Å². The Hall–Kier alpha value is -2.24. The van der Waals surface area contributed by atoms with Crippen molar-refractivity contribution in [2.75, 3.05) is 27.3 Å². The van der Waals surface area contributed by atoms with Gasteiger partial charge in [-0.05, 0) is 55.8 Å². The summed E-state index contributed by atoms with van der Waals surface area (Å²) in [6.07, 6.45) is 1.27. The minimum atomic E-state index is -0.709. The summed E-state index contributed by atoms with van der Waals surface area (Å²) in [4.78, 5) is 13.6. The minimum absolute atomic E-state index is 0.0436. The van der Waals surface area contributed by atoms with Crippen LogP contribution in [0, 0.1) is 5.92 Å². The van der Waals surface area contributed by atoms with Crippen molar-refractivity contribution in [3.05, 3.63) is 58.6 Å². The first-order valence-corrected chi connectivity index (χ1v) is 9.35. The van der Waals surface area contributed by atoms with E-state index in [-0.39, 0.29) is 12.0 Å². The molecule has 0 aromatic heterocycles. The average molecular weight is 390 g/mol. The van der Waals surface area contributed by atoms with Crippen LogP contribution in [-0.2, 0) is 4.79 Å². The number of nitrogens with zero attached hydrogens (tertiary/aromatic N) is 1. The van der Waals surface area contributed by atoms with Gasteiger partial charge in [-0.3, -0.25) is 9.69 Å². The third kappa shape index (κ3) is 4.37. The van der Waals surface area contributed by atoms with Gasteiger partial charge in [0.05, 0.1) is 26.2 Å². The fourth-order valence-corrected chi connectivity index (χ4v) is 3.81. The predicted molar refractivity (Wildman–Crippen MR) is 105 cm³/mol. The topological polar surface area (TPSA) is 59.0 Å². The van der Waals surface area contributed by atoms with Crippen molar-refractivity contribution in [3.63, 3.8) is 0 Å². The van der Waals surface area contributed by atoms with Crippen molar-refractivity contribution in [3.8, 4) is 11.5 Å². The SMILES string of the molecule is COc1ccc(C(c2ccc(Cl)cc2)N2CCC(C(=O)O)CC2)c(OC)c1. The Bertz CT molecular complexity index is 785. The summed E-state index contributed by atoms with van der Waals surface area (Å²) >= 11 is 6.08. The molecule has 1 fully saturated rings. The number of piperidine rings is 1. The standard InChI is InChI=1S/C21H24ClNO4/c1-26-17-7-8-18(19(13-17)27-2)20(14-3-5-16(22)6-4-14)23-11-9-15(10-12-23)21(24)25/h3-8,13,15,20H,9-12H2,1-2H3,(H,24,25). The van der Waals surface area contributed by atoms with Gasteiger partial charge in [-0.25, -0.2) is 0 Å². The molecule has 2 aromatic carbocycles. The number of likely N-dealkylation sites (tertiary alicyclic amines) is 1. The third-order valence-electron chi connectivity index (χ3n) is 5.16. The van der Waals surface area contributed by atoms with E-state index in [0.29, 0.717) is 31.0 Å². The summed E-state index contributed by atoms with van der Waals surface area (Å²) in [5.41, 5.74) is 2.12. The van der Waals surface area contributed by atoms with E-state index in [0.717, 1.165) is 22.6 Å². The van der Waals surface area contributed by atoms with E-state index in [1.165, 1.54) is 0 Å². The molecule has 0 radical (unpaired) electrons. The van der Waals surface area contributed by atoms with E-state index in [2.05, 4.69) is 4.90 Å². The van der Waals surface area contributed by atoms with Gasteiger partial charge in [-0.15, -0.1) is 0 Å². The molecule has 1 aliphatic rings. The lowest BCUT2D eigenvalue weighted by molar-refractivity contribution is -0.143. The van der Waals surface area contributed by atoms with Gasteiger partial charge in [0.1, 0.15) is 11.5 Å². The summed E-state index contributed by atoms with van der Waals surface area (Å²) in [7, 11) is 3.27. The smallest absolute Gasteiger partial charge is 0.306 e. The molecule has 5 nitrogen and oxygen atoms in total. The molecular formula is C21H24ClNO4. The van der Waals surface area contributed by atoms with Gasteiger partial charge >= 0.3 is 5.97 Å². The highest BCUT2D eigenvalue weighted by Crippen LogP contribution is 2.39. The van der Waals surface area contributed by atoms with Crippen molar-refractivity contribution in [1.82, 2.24) is 4.90 Å². The molecule has 0 spiro atoms. The molecule has 1 heterocycles. The summed E-state index contributed by atoms with van der Waals surface area (Å²) in [5, 5.41) is 9.98. The van der Waals surface area contributed by atoms with Gasteiger partial charge in [-0.1, -0.05) is 23.7 Å². The minimum Gasteiger partial charge on any atom is -0.497 e. The molecule has 6 heteroatoms. The van der Waals surface area contributed by atoms with Crippen LogP contribution < -0.4 is 9.47 Å². The number of carboxylic acid groups (broad SMARTS) is 1. The van der Waals surface area contributed by atoms with E-state index in [9.17, 15) is 9.90 Å². The van der Waals surface area contributed by atoms with E-state index in [4.69, 9.17) is 21.1 Å². The summed E-state index contributed by atoms with van der Waals surface area (Å²) in [6.45, 7) is 1.42. The Morgan fingerprint density at radius 3 is 2.33 bits per heavy atom. The molecule has 3 rings (SSSR count). The van der Waals surface area contributed by atoms with Crippen LogP contribution in [0.3, 0.4) is 0 Å². The van der Waals surface area contributed by atoms with Crippen LogP contribution in [-0.4, -0.2) is 43.3 Å². The number of hydrogen-bond donors (Lipinski definition) is 1. The van der Waals surface area contributed by atoms with E-state index < -0.39 is 5.97 Å². The molecule has 0 saturated carbocycles. The van der Waals surface area contributed by atoms with E-state index in [1.807, 2.05) is 42.5 Å². The lowest BCUT2D eigenvalue weighted by atomic mass is 9.91. The Kier molecular flexibility index (Phi) is 6.24. The van der Waals surface area contributed by atoms with Crippen LogP contribution >= 0.6 is 11.6 Å². The molecule has 144 valence electrons. The molecule has 1 aliphatic heterocycles. The highest BCUT2D eigenvalue weighted by molar-refractivity contribution is 6.30. The second-order valence-electron chi connectivity index (χ2n) is 6.71. The van der Waals surface area contributed by atoms with Crippen LogP contribution in [0.1, 0.15) is 30.0 Å². The largest absolute Gasteiger partial charge is 0.497 e. The van der Waals surface area contributed by atoms with Crippen LogP contribution in [0.15, 0.2) is 42.5 Å². The molecule has 0 bridgehead atoms. The fourth-order valence-electron chi connectivity index (χ4n) is 3.68. The molecule has 1 unspecified atom stereocenters. The predicted octanol–water partition coefficient (Wildman–Crippen LogP) is 4.24. The summed E-state index contributed by atoms with van der Waals surface area (Å²) in [5.74, 6) is 0.495. The highest BCUT2D eigenvalue weighted by Gasteiger charge is 2.31. The lowest BCUT2D eigenvalue weighted by Crippen LogP contribution is -2.39. The molecule has 1 saturated heterocycles. The number of carboxylic acids is 1. The number of carbonyl (C=O) groups is 1. The average Bonchev–Trinajstić information content (AvgIpc) is 2.70. The first kappa shape index (κ1) is 19.5. The van der Waals surface area contributed by atoms with Crippen molar-refractivity contribution >= 4 is 17.6 Å². The number of halogens is 1. The normalized spacial score (nSPS) is 16.7. The molecule has 0 aliphatic carbocycles. The van der Waals surface area contributed by atoms with Crippen LogP contribution in [0.25, 0.3) is 0 Å². The van der Waals surface area contributed by atoms with Gasteiger partial charge in [0, 0.05) is 16.7 Å². The highest BCUT2D eigenvalue weighted by atomic mass is 35.5. The molecular weight excluding hydrogens is 366 g/mol. The number of methoxy groups -OCH3 is 2. The zero-order valence-corrected chi connectivity index (χ0v) is 16.3. The van der Waals surface area contributed by atoms with Crippen molar-refractivity contribution < 1.29 is 19.4 Å². The fraction of sp³-hybridized carbons (Fsp3) is 0.381. The summed E-state index contributed by atoms with van der Waals surface area (Å²) < 4.78 is 11.0. The first-order valence-electron chi connectivity index (χ1n) is 8.97. The van der Waals surface area contributed by atoms with E-state index in [1.54, 1.807) is 14.2 Å². The molecule has 1 N–H and O–H groups in total. The number of benzene rings is 2. The van der Waals surface area contributed by atoms with Crippen molar-refractivity contribution in [2.45, 2.75) is 18.9 Å². The first-order chi connectivity index (χ1) is 13.0. The van der Waals surface area contributed by atoms with E-state index >= 15 is 0 Å². The maximum absolute atomic E-state index is 11.3. The van der Waals surface area contributed by atoms with Crippen molar-refractivity contribution in [2.24, 2.45) is 5.92 Å². The quantitative estimate of drug-likeness (QED) is 0.800. The third-order valence-corrected chi connectivity index (χ3v) is 5.42. The Balaban J connectivity index is 1.98.